The number of ether oxygens (including phenoxy) is 1. The number of aryl methyl sites for hydroxylation is 2. The van der Waals surface area contributed by atoms with Crippen LogP contribution in [-0.4, -0.2) is 43.4 Å². The highest BCUT2D eigenvalue weighted by Gasteiger charge is 2.24. The van der Waals surface area contributed by atoms with Gasteiger partial charge in [0.15, 0.2) is 0 Å². The Balaban J connectivity index is 0.945. The van der Waals surface area contributed by atoms with Gasteiger partial charge in [-0.1, -0.05) is 48.5 Å². The van der Waals surface area contributed by atoms with Crippen molar-refractivity contribution >= 4 is 28.0 Å². The second-order valence-electron chi connectivity index (χ2n) is 14.1. The number of benzene rings is 4. The van der Waals surface area contributed by atoms with E-state index in [-0.39, 0.29) is 23.9 Å². The van der Waals surface area contributed by atoms with E-state index in [9.17, 15) is 19.8 Å². The third-order valence-electron chi connectivity index (χ3n) is 10.5. The molecular weight excluding hydrogens is 668 g/mol. The average Bonchev–Trinajstić information content (AvgIpc) is 3.56. The molecule has 1 saturated carbocycles. The number of hydrogen-bond donors (Lipinski definition) is 6. The molecule has 4 aromatic carbocycles. The standard InChI is InChI=1S/C42H46N6O5/c43-29-12-10-28(11-13-29)30-6-1-2-7-31(30)33-14-8-26(22-39(33)53-42(44)52)5-3-4-20-48-25-46-35-21-27(9-17-36(35)48)23-45-24-38(50)32-15-18-37(49)41-34(32)16-19-40(51)47-41/h1-2,6-9,14-19,21-22,25,28-29,38,45,49-50H,3-5,10-13,20,23-24,43H2,(H2,44,52)(H,47,51)/t28?,29?,38-/m0/s1. The molecule has 0 bridgehead atoms. The zero-order chi connectivity index (χ0) is 36.9. The molecule has 0 unspecified atom stereocenters. The molecule has 2 aromatic heterocycles. The molecule has 1 amide bonds. The monoisotopic (exact) mass is 714 g/mol. The highest BCUT2D eigenvalue weighted by Crippen LogP contribution is 2.41. The third-order valence-corrected chi connectivity index (χ3v) is 10.5. The maximum absolute atomic E-state index is 11.9. The van der Waals surface area contributed by atoms with Crippen LogP contribution in [-0.2, 0) is 19.5 Å². The molecule has 7 rings (SSSR count). The predicted octanol–water partition coefficient (Wildman–Crippen LogP) is 6.54. The van der Waals surface area contributed by atoms with Crippen molar-refractivity contribution in [3.05, 3.63) is 124 Å². The lowest BCUT2D eigenvalue weighted by Gasteiger charge is -2.28. The highest BCUT2D eigenvalue weighted by molar-refractivity contribution is 5.87. The summed E-state index contributed by atoms with van der Waals surface area (Å²) in [5, 5.41) is 25.0. The first kappa shape index (κ1) is 35.9. The van der Waals surface area contributed by atoms with Gasteiger partial charge in [-0.05, 0) is 109 Å². The number of primary amides is 1. The van der Waals surface area contributed by atoms with E-state index in [2.05, 4.69) is 68.4 Å². The average molecular weight is 715 g/mol. The Hall–Kier alpha value is -5.49. The molecule has 0 aliphatic heterocycles. The number of aromatic hydroxyl groups is 1. The van der Waals surface area contributed by atoms with Gasteiger partial charge in [-0.2, -0.15) is 0 Å². The number of nitrogens with zero attached hydrogens (tertiary/aromatic N) is 2. The van der Waals surface area contributed by atoms with Crippen LogP contribution in [0.3, 0.4) is 0 Å². The molecule has 53 heavy (non-hydrogen) atoms. The van der Waals surface area contributed by atoms with E-state index in [0.29, 0.717) is 34.7 Å². The fraction of sp³-hybridized carbons (Fsp3) is 0.310. The number of imidazole rings is 1. The number of nitrogens with one attached hydrogen (secondary N) is 2. The second-order valence-corrected chi connectivity index (χ2v) is 14.1. The van der Waals surface area contributed by atoms with Crippen LogP contribution >= 0.6 is 0 Å². The van der Waals surface area contributed by atoms with Gasteiger partial charge in [0.1, 0.15) is 11.5 Å². The molecule has 11 nitrogen and oxygen atoms in total. The van der Waals surface area contributed by atoms with Gasteiger partial charge >= 0.3 is 6.09 Å². The van der Waals surface area contributed by atoms with Gasteiger partial charge in [0.25, 0.3) is 0 Å². The minimum Gasteiger partial charge on any atom is -0.506 e. The quantitative estimate of drug-likeness (QED) is 0.0730. The topological polar surface area (TPSA) is 182 Å². The number of amides is 1. The van der Waals surface area contributed by atoms with Crippen molar-refractivity contribution in [2.45, 2.75) is 76.1 Å². The summed E-state index contributed by atoms with van der Waals surface area (Å²) >= 11 is 0. The largest absolute Gasteiger partial charge is 0.506 e. The minimum atomic E-state index is -0.838. The zero-order valence-corrected chi connectivity index (χ0v) is 29.6. The maximum Gasteiger partial charge on any atom is 0.409 e. The summed E-state index contributed by atoms with van der Waals surface area (Å²) in [5.41, 5.74) is 19.6. The summed E-state index contributed by atoms with van der Waals surface area (Å²) in [4.78, 5) is 31.0. The SMILES string of the molecule is NC(=O)Oc1cc(CCCCn2cnc3cc(CNC[C@H](O)c4ccc(O)c5[nH]c(=O)ccc45)ccc32)ccc1-c1ccccc1C1CCC(N)CC1. The van der Waals surface area contributed by atoms with E-state index in [1.165, 1.54) is 17.7 Å². The van der Waals surface area contributed by atoms with Gasteiger partial charge in [-0.25, -0.2) is 9.78 Å². The van der Waals surface area contributed by atoms with E-state index in [0.717, 1.165) is 84.8 Å². The Labute approximate surface area is 307 Å². The number of hydrogen-bond acceptors (Lipinski definition) is 8. The number of unbranched alkanes of at least 4 members (excludes halogenated alkanes) is 1. The normalized spacial score (nSPS) is 16.6. The van der Waals surface area contributed by atoms with Crippen LogP contribution in [0.15, 0.2) is 96.1 Å². The first-order valence-corrected chi connectivity index (χ1v) is 18.4. The fourth-order valence-electron chi connectivity index (χ4n) is 7.69. The number of fused-ring (bicyclic) bond motifs is 2. The fourth-order valence-corrected chi connectivity index (χ4v) is 7.69. The summed E-state index contributed by atoms with van der Waals surface area (Å²) in [5.74, 6) is 0.869. The van der Waals surface area contributed by atoms with Crippen molar-refractivity contribution in [3.63, 3.8) is 0 Å². The number of aromatic amines is 1. The number of aromatic nitrogens is 3. The van der Waals surface area contributed by atoms with E-state index in [4.69, 9.17) is 16.2 Å². The van der Waals surface area contributed by atoms with Crippen molar-refractivity contribution in [1.29, 1.82) is 0 Å². The number of aliphatic hydroxyl groups is 1. The Morgan fingerprint density at radius 2 is 1.77 bits per heavy atom. The van der Waals surface area contributed by atoms with E-state index < -0.39 is 12.2 Å². The van der Waals surface area contributed by atoms with E-state index >= 15 is 0 Å². The molecule has 11 heteroatoms. The Morgan fingerprint density at radius 3 is 2.60 bits per heavy atom. The number of phenolic OH excluding ortho intramolecular Hbond substituents is 1. The molecule has 0 spiro atoms. The van der Waals surface area contributed by atoms with Crippen molar-refractivity contribution < 1.29 is 19.7 Å². The van der Waals surface area contributed by atoms with Crippen molar-refractivity contribution in [2.75, 3.05) is 6.54 Å². The Kier molecular flexibility index (Phi) is 10.9. The Morgan fingerprint density at radius 1 is 0.962 bits per heavy atom. The third kappa shape index (κ3) is 8.28. The first-order chi connectivity index (χ1) is 25.7. The maximum atomic E-state index is 11.9. The van der Waals surface area contributed by atoms with Crippen molar-refractivity contribution in [2.24, 2.45) is 11.5 Å². The van der Waals surface area contributed by atoms with Gasteiger partial charge in [-0.3, -0.25) is 4.79 Å². The van der Waals surface area contributed by atoms with E-state index in [1.54, 1.807) is 12.1 Å². The van der Waals surface area contributed by atoms with Gasteiger partial charge < -0.3 is 41.3 Å². The zero-order valence-electron chi connectivity index (χ0n) is 29.6. The molecule has 1 aliphatic rings. The van der Waals surface area contributed by atoms with Crippen molar-refractivity contribution in [1.82, 2.24) is 19.9 Å². The molecule has 274 valence electrons. The number of carbonyl (C=O) groups is 1. The number of aliphatic hydroxyl groups excluding tert-OH is 1. The van der Waals surface area contributed by atoms with E-state index in [1.807, 2.05) is 18.5 Å². The molecule has 1 fully saturated rings. The number of pyridine rings is 1. The lowest BCUT2D eigenvalue weighted by Crippen LogP contribution is -2.25. The summed E-state index contributed by atoms with van der Waals surface area (Å²) in [6.07, 6.45) is 7.02. The molecule has 1 aliphatic carbocycles. The van der Waals surface area contributed by atoms with Crippen LogP contribution in [0, 0.1) is 0 Å². The lowest BCUT2D eigenvalue weighted by atomic mass is 9.79. The van der Waals surface area contributed by atoms with Crippen molar-refractivity contribution in [3.8, 4) is 22.6 Å². The smallest absolute Gasteiger partial charge is 0.409 e. The van der Waals surface area contributed by atoms with Gasteiger partial charge in [0, 0.05) is 42.7 Å². The molecule has 8 N–H and O–H groups in total. The molecular formula is C42H46N6O5. The van der Waals surface area contributed by atoms with Gasteiger partial charge in [0.05, 0.1) is 29.0 Å². The van der Waals surface area contributed by atoms with Crippen LogP contribution in [0.4, 0.5) is 4.79 Å². The van der Waals surface area contributed by atoms with Gasteiger partial charge in [0.2, 0.25) is 5.56 Å². The first-order valence-electron chi connectivity index (χ1n) is 18.4. The van der Waals surface area contributed by atoms with Crippen LogP contribution in [0.5, 0.6) is 11.5 Å². The molecule has 1 atom stereocenters. The lowest BCUT2D eigenvalue weighted by molar-refractivity contribution is 0.176. The number of nitrogens with two attached hydrogens (primary N) is 2. The summed E-state index contributed by atoms with van der Waals surface area (Å²) in [6, 6.07) is 27.1. The summed E-state index contributed by atoms with van der Waals surface area (Å²) in [6.45, 7) is 1.63. The minimum absolute atomic E-state index is 0.0383. The number of carbonyl (C=O) groups excluding carboxylic acids is 1. The van der Waals surface area contributed by atoms with Crippen LogP contribution < -0.4 is 27.1 Å². The molecule has 0 radical (unpaired) electrons. The number of phenols is 1. The van der Waals surface area contributed by atoms with Crippen LogP contribution in [0.25, 0.3) is 33.1 Å². The molecule has 0 saturated heterocycles. The molecule has 2 heterocycles. The summed E-state index contributed by atoms with van der Waals surface area (Å²) in [7, 11) is 0. The predicted molar refractivity (Wildman–Crippen MR) is 207 cm³/mol. The van der Waals surface area contributed by atoms with Crippen LogP contribution in [0.1, 0.15) is 72.8 Å². The number of H-pyrrole nitrogens is 1. The van der Waals surface area contributed by atoms with Gasteiger partial charge in [-0.15, -0.1) is 0 Å². The highest BCUT2D eigenvalue weighted by atomic mass is 16.5. The Bertz CT molecular complexity index is 2290. The summed E-state index contributed by atoms with van der Waals surface area (Å²) < 4.78 is 7.74. The second kappa shape index (κ2) is 16.0. The molecule has 6 aromatic rings. The van der Waals surface area contributed by atoms with Crippen LogP contribution in [0.2, 0.25) is 0 Å². The number of rotatable bonds is 13.